The van der Waals surface area contributed by atoms with Crippen LogP contribution in [-0.4, -0.2) is 67.9 Å². The fourth-order valence-electron chi connectivity index (χ4n) is 9.79. The van der Waals surface area contributed by atoms with Crippen LogP contribution in [0.4, 0.5) is 0 Å². The molecule has 10 nitrogen and oxygen atoms in total. The SMILES string of the molecule is C=CCOc1cncc(-n2cc3c(n2)C=C2C[C@@H](Cl)[C@@H]4[C@H]([C@@H](O)C[C@@]5(C)[C@H]4C[C@@H](C)[C@]5(OC(=O)CC)C(=O)COC(=O)CC)[C@@]2(C)C3)c1. The van der Waals surface area contributed by atoms with Gasteiger partial charge in [0.25, 0.3) is 0 Å². The Morgan fingerprint density at radius 3 is 2.65 bits per heavy atom. The first-order valence-electron chi connectivity index (χ1n) is 17.0. The Morgan fingerprint density at radius 1 is 1.19 bits per heavy atom. The van der Waals surface area contributed by atoms with E-state index in [1.165, 1.54) is 0 Å². The summed E-state index contributed by atoms with van der Waals surface area (Å²) in [5, 5.41) is 16.8. The Balaban J connectivity index is 1.35. The van der Waals surface area contributed by atoms with Gasteiger partial charge in [0, 0.05) is 41.8 Å². The molecule has 4 aliphatic carbocycles. The van der Waals surface area contributed by atoms with E-state index >= 15 is 0 Å². The molecule has 0 amide bonds. The molecule has 2 aromatic rings. The Labute approximate surface area is 286 Å². The molecule has 0 aliphatic heterocycles. The third-order valence-electron chi connectivity index (χ3n) is 11.9. The summed E-state index contributed by atoms with van der Waals surface area (Å²) in [7, 11) is 0. The highest BCUT2D eigenvalue weighted by Gasteiger charge is 2.74. The Kier molecular flexibility index (Phi) is 9.13. The summed E-state index contributed by atoms with van der Waals surface area (Å²) in [5.74, 6) is -1.66. The number of allylic oxidation sites excluding steroid dienone is 1. The zero-order valence-electron chi connectivity index (χ0n) is 28.4. The highest BCUT2D eigenvalue weighted by Crippen LogP contribution is 2.70. The van der Waals surface area contributed by atoms with Crippen molar-refractivity contribution in [1.29, 1.82) is 0 Å². The van der Waals surface area contributed by atoms with E-state index in [2.05, 4.69) is 24.6 Å². The van der Waals surface area contributed by atoms with Gasteiger partial charge in [-0.25, -0.2) is 4.68 Å². The van der Waals surface area contributed by atoms with Crippen LogP contribution in [0.15, 0.2) is 42.9 Å². The first-order chi connectivity index (χ1) is 22.8. The molecule has 2 aromatic heterocycles. The maximum Gasteiger partial charge on any atom is 0.306 e. The highest BCUT2D eigenvalue weighted by molar-refractivity contribution is 6.21. The molecular weight excluding hydrogens is 634 g/mol. The van der Waals surface area contributed by atoms with E-state index in [1.54, 1.807) is 32.3 Å². The molecule has 3 fully saturated rings. The van der Waals surface area contributed by atoms with Crippen molar-refractivity contribution < 1.29 is 33.7 Å². The lowest BCUT2D eigenvalue weighted by atomic mass is 9.45. The summed E-state index contributed by atoms with van der Waals surface area (Å²) in [6.07, 6.45) is 10.7. The fraction of sp³-hybridized carbons (Fsp3) is 0.595. The average Bonchev–Trinajstić information content (AvgIpc) is 3.56. The number of aliphatic hydroxyl groups is 1. The third kappa shape index (κ3) is 5.30. The molecule has 6 rings (SSSR count). The van der Waals surface area contributed by atoms with Crippen LogP contribution < -0.4 is 4.74 Å². The lowest BCUT2D eigenvalue weighted by Crippen LogP contribution is -2.66. The topological polar surface area (TPSA) is 130 Å². The maximum absolute atomic E-state index is 14.2. The number of esters is 2. The minimum Gasteiger partial charge on any atom is -0.488 e. The van der Waals surface area contributed by atoms with Crippen LogP contribution in [0.1, 0.15) is 78.0 Å². The zero-order chi connectivity index (χ0) is 34.6. The van der Waals surface area contributed by atoms with Crippen molar-refractivity contribution in [3.05, 3.63) is 54.1 Å². The van der Waals surface area contributed by atoms with Gasteiger partial charge in [-0.3, -0.25) is 19.4 Å². The molecule has 3 saturated carbocycles. The average molecular weight is 680 g/mol. The molecule has 2 heterocycles. The summed E-state index contributed by atoms with van der Waals surface area (Å²) >= 11 is 7.36. The van der Waals surface area contributed by atoms with Gasteiger partial charge in [-0.2, -0.15) is 5.10 Å². The van der Waals surface area contributed by atoms with Gasteiger partial charge in [0.2, 0.25) is 5.78 Å². The van der Waals surface area contributed by atoms with Gasteiger partial charge in [-0.15, -0.1) is 11.6 Å². The number of alkyl halides is 1. The van der Waals surface area contributed by atoms with Crippen molar-refractivity contribution in [3.8, 4) is 11.4 Å². The van der Waals surface area contributed by atoms with Crippen molar-refractivity contribution in [2.45, 2.75) is 90.2 Å². The molecule has 0 aromatic carbocycles. The van der Waals surface area contributed by atoms with Gasteiger partial charge in [-0.05, 0) is 60.5 Å². The second-order valence-electron chi connectivity index (χ2n) is 14.5. The number of ketones is 1. The molecule has 258 valence electrons. The normalized spacial score (nSPS) is 34.9. The lowest BCUT2D eigenvalue weighted by molar-refractivity contribution is -0.207. The minimum absolute atomic E-state index is 0.0917. The quantitative estimate of drug-likeness (QED) is 0.192. The van der Waals surface area contributed by atoms with Gasteiger partial charge in [-0.1, -0.05) is 52.8 Å². The molecule has 0 unspecified atom stereocenters. The number of fused-ring (bicyclic) bond motifs is 6. The molecule has 0 spiro atoms. The predicted octanol–water partition coefficient (Wildman–Crippen LogP) is 5.66. The van der Waals surface area contributed by atoms with Crippen LogP contribution >= 0.6 is 11.6 Å². The van der Waals surface area contributed by atoms with Crippen molar-refractivity contribution in [1.82, 2.24) is 14.8 Å². The first kappa shape index (κ1) is 34.4. The Hall–Kier alpha value is -3.50. The molecule has 1 N–H and O–H groups in total. The number of aromatic nitrogens is 3. The molecule has 0 radical (unpaired) electrons. The van der Waals surface area contributed by atoms with Crippen molar-refractivity contribution >= 4 is 35.4 Å². The van der Waals surface area contributed by atoms with Gasteiger partial charge >= 0.3 is 11.9 Å². The molecule has 9 atom stereocenters. The highest BCUT2D eigenvalue weighted by atomic mass is 35.5. The number of hydrogen-bond donors (Lipinski definition) is 1. The van der Waals surface area contributed by atoms with E-state index in [9.17, 15) is 19.5 Å². The molecule has 0 bridgehead atoms. The maximum atomic E-state index is 14.2. The second kappa shape index (κ2) is 12.8. The number of Topliss-reactive ketones (excluding diaryl/α,β-unsaturated/α-hetero) is 1. The number of rotatable bonds is 10. The second-order valence-corrected chi connectivity index (χ2v) is 15.0. The monoisotopic (exact) mass is 679 g/mol. The van der Waals surface area contributed by atoms with E-state index in [4.69, 9.17) is 30.9 Å². The number of carbonyl (C=O) groups excluding carboxylic acids is 3. The standard InChI is InChI=1S/C37H46ClN3O7/c1-7-10-46-25-14-24(17-39-18-25)41-19-22-15-35(5)23(13-28(22)40-41)12-27(38)33-26-11-21(4)37(48-32(45)9-3,30(43)20-47-31(44)8-2)36(26,6)16-29(42)34(33)35/h7,13-14,17-19,21,26-27,29,33-34,42H,1,8-12,15-16,20H2,2-6H3/t21-,26+,27-,29+,33-,34+,35+,36+,37+/m1/s1. The van der Waals surface area contributed by atoms with Crippen LogP contribution in [0.3, 0.4) is 0 Å². The Morgan fingerprint density at radius 2 is 1.94 bits per heavy atom. The number of nitrogens with zero attached hydrogens (tertiary/aromatic N) is 3. The number of ether oxygens (including phenoxy) is 3. The molecule has 0 saturated heterocycles. The van der Waals surface area contributed by atoms with Gasteiger partial charge in [0.1, 0.15) is 12.4 Å². The van der Waals surface area contributed by atoms with Crippen LogP contribution in [0.2, 0.25) is 0 Å². The zero-order valence-corrected chi connectivity index (χ0v) is 29.2. The summed E-state index contributed by atoms with van der Waals surface area (Å²) < 4.78 is 19.0. The van der Waals surface area contributed by atoms with E-state index in [0.717, 1.165) is 22.5 Å². The van der Waals surface area contributed by atoms with Crippen LogP contribution in [-0.2, 0) is 30.3 Å². The number of halogens is 1. The number of carbonyl (C=O) groups is 3. The number of hydrogen-bond acceptors (Lipinski definition) is 9. The summed E-state index contributed by atoms with van der Waals surface area (Å²) in [6, 6.07) is 1.89. The van der Waals surface area contributed by atoms with E-state index < -0.39 is 46.9 Å². The van der Waals surface area contributed by atoms with Gasteiger partial charge in [0.05, 0.1) is 29.9 Å². The van der Waals surface area contributed by atoms with E-state index in [-0.39, 0.29) is 48.3 Å². The van der Waals surface area contributed by atoms with E-state index in [0.29, 0.717) is 31.6 Å². The molecule has 4 aliphatic rings. The first-order valence-corrected chi connectivity index (χ1v) is 17.5. The molecule has 11 heteroatoms. The summed E-state index contributed by atoms with van der Waals surface area (Å²) in [5.41, 5.74) is 0.953. The summed E-state index contributed by atoms with van der Waals surface area (Å²) in [4.78, 5) is 43.6. The lowest BCUT2D eigenvalue weighted by Gasteiger charge is -2.61. The van der Waals surface area contributed by atoms with Gasteiger partial charge in [0.15, 0.2) is 12.2 Å². The van der Waals surface area contributed by atoms with Gasteiger partial charge < -0.3 is 19.3 Å². The fourth-order valence-corrected chi connectivity index (χ4v) is 10.3. The number of pyridine rings is 1. The minimum atomic E-state index is -1.56. The molecule has 48 heavy (non-hydrogen) atoms. The van der Waals surface area contributed by atoms with Crippen molar-refractivity contribution in [2.24, 2.45) is 34.5 Å². The van der Waals surface area contributed by atoms with E-state index in [1.807, 2.05) is 30.8 Å². The third-order valence-corrected chi connectivity index (χ3v) is 12.3. The molecular formula is C37H46ClN3O7. The van der Waals surface area contributed by atoms with Crippen LogP contribution in [0.25, 0.3) is 11.8 Å². The van der Waals surface area contributed by atoms with Crippen LogP contribution in [0.5, 0.6) is 5.75 Å². The summed E-state index contributed by atoms with van der Waals surface area (Å²) in [6.45, 7) is 13.1. The largest absolute Gasteiger partial charge is 0.488 e. The smallest absolute Gasteiger partial charge is 0.306 e. The predicted molar refractivity (Wildman–Crippen MR) is 179 cm³/mol. The van der Waals surface area contributed by atoms with Crippen LogP contribution in [0, 0.1) is 34.5 Å². The number of aliphatic hydroxyl groups excluding tert-OH is 1. The van der Waals surface area contributed by atoms with Crippen molar-refractivity contribution in [2.75, 3.05) is 13.2 Å². The van der Waals surface area contributed by atoms with Crippen molar-refractivity contribution in [3.63, 3.8) is 0 Å². The Bertz CT molecular complexity index is 1650.